The fraction of sp³-hybridized carbons (Fsp3) is 0.385. The van der Waals surface area contributed by atoms with Crippen LogP contribution in [0.15, 0.2) is 24.5 Å². The maximum absolute atomic E-state index is 12.0. The summed E-state index contributed by atoms with van der Waals surface area (Å²) in [6.07, 6.45) is 1.09. The van der Waals surface area contributed by atoms with Crippen molar-refractivity contribution in [1.82, 2.24) is 9.55 Å². The number of carbonyl (C=O) groups excluding carboxylic acids is 1. The van der Waals surface area contributed by atoms with E-state index in [2.05, 4.69) is 20.9 Å². The Kier molecular flexibility index (Phi) is 3.43. The molecule has 0 radical (unpaired) electrons. The molecule has 96 valence electrons. The van der Waals surface area contributed by atoms with Crippen LogP contribution < -0.4 is 0 Å². The zero-order valence-electron chi connectivity index (χ0n) is 10.6. The minimum absolute atomic E-state index is 0.406. The van der Waals surface area contributed by atoms with Crippen molar-refractivity contribution >= 4 is 33.1 Å². The highest BCUT2D eigenvalue weighted by Gasteiger charge is 2.19. The van der Waals surface area contributed by atoms with Crippen molar-refractivity contribution in [2.24, 2.45) is 0 Å². The summed E-state index contributed by atoms with van der Waals surface area (Å²) in [4.78, 5) is 16.2. The molecule has 0 N–H and O–H groups in total. The van der Waals surface area contributed by atoms with Gasteiger partial charge >= 0.3 is 6.09 Å². The van der Waals surface area contributed by atoms with E-state index in [0.717, 1.165) is 21.9 Å². The van der Waals surface area contributed by atoms with E-state index in [1.54, 1.807) is 0 Å². The number of nitrogens with zero attached hydrogens (tertiary/aromatic N) is 2. The molecule has 5 heteroatoms. The molecular weight excluding hydrogens is 296 g/mol. The molecule has 2 aromatic rings. The predicted octanol–water partition coefficient (Wildman–Crippen LogP) is 3.71. The van der Waals surface area contributed by atoms with E-state index in [-0.39, 0.29) is 0 Å². The number of fused-ring (bicyclic) bond motifs is 1. The Morgan fingerprint density at radius 2 is 2.17 bits per heavy atom. The van der Waals surface area contributed by atoms with Gasteiger partial charge in [0, 0.05) is 5.33 Å². The Morgan fingerprint density at radius 1 is 1.44 bits per heavy atom. The summed E-state index contributed by atoms with van der Waals surface area (Å²) in [5.74, 6) is 0. The molecule has 0 bridgehead atoms. The monoisotopic (exact) mass is 310 g/mol. The van der Waals surface area contributed by atoms with Gasteiger partial charge in [-0.25, -0.2) is 14.3 Å². The van der Waals surface area contributed by atoms with E-state index < -0.39 is 11.7 Å². The van der Waals surface area contributed by atoms with Gasteiger partial charge in [0.05, 0.1) is 11.0 Å². The largest absolute Gasteiger partial charge is 0.443 e. The number of carbonyl (C=O) groups is 1. The van der Waals surface area contributed by atoms with Crippen LogP contribution in [0.5, 0.6) is 0 Å². The lowest BCUT2D eigenvalue weighted by Crippen LogP contribution is -2.26. The second kappa shape index (κ2) is 4.72. The number of aromatic nitrogens is 2. The molecule has 0 aliphatic heterocycles. The fourth-order valence-electron chi connectivity index (χ4n) is 1.60. The molecule has 0 spiro atoms. The molecule has 0 unspecified atom stereocenters. The molecule has 1 aromatic carbocycles. The van der Waals surface area contributed by atoms with Crippen molar-refractivity contribution in [2.75, 3.05) is 0 Å². The van der Waals surface area contributed by atoms with E-state index in [1.807, 2.05) is 39.0 Å². The van der Waals surface area contributed by atoms with Crippen molar-refractivity contribution in [3.8, 4) is 0 Å². The Balaban J connectivity index is 2.38. The second-order valence-electron chi connectivity index (χ2n) is 5.05. The molecule has 0 saturated heterocycles. The molecule has 1 aromatic heterocycles. The van der Waals surface area contributed by atoms with Crippen LogP contribution in [0.3, 0.4) is 0 Å². The van der Waals surface area contributed by atoms with Gasteiger partial charge < -0.3 is 4.74 Å². The number of imidazole rings is 1. The molecule has 18 heavy (non-hydrogen) atoms. The molecule has 0 aliphatic rings. The van der Waals surface area contributed by atoms with Crippen molar-refractivity contribution in [1.29, 1.82) is 0 Å². The predicted molar refractivity (Wildman–Crippen MR) is 74.0 cm³/mol. The highest BCUT2D eigenvalue weighted by molar-refractivity contribution is 9.08. The number of hydrogen-bond acceptors (Lipinski definition) is 3. The minimum atomic E-state index is -0.510. The highest BCUT2D eigenvalue weighted by atomic mass is 79.9. The van der Waals surface area contributed by atoms with Crippen LogP contribution in [-0.2, 0) is 10.1 Å². The van der Waals surface area contributed by atoms with E-state index in [1.165, 1.54) is 10.9 Å². The normalized spacial score (nSPS) is 11.8. The first kappa shape index (κ1) is 13.1. The summed E-state index contributed by atoms with van der Waals surface area (Å²) in [6.45, 7) is 5.52. The van der Waals surface area contributed by atoms with Crippen molar-refractivity contribution in [2.45, 2.75) is 31.7 Å². The first-order valence-corrected chi connectivity index (χ1v) is 6.78. The van der Waals surface area contributed by atoms with Gasteiger partial charge in [-0.3, -0.25) is 0 Å². The Labute approximate surface area is 114 Å². The van der Waals surface area contributed by atoms with Gasteiger partial charge in [-0.05, 0) is 38.5 Å². The SMILES string of the molecule is CC(C)(C)OC(=O)n1cnc2cc(CBr)ccc21. The van der Waals surface area contributed by atoms with E-state index in [9.17, 15) is 4.79 Å². The Morgan fingerprint density at radius 3 is 2.78 bits per heavy atom. The average molecular weight is 311 g/mol. The minimum Gasteiger partial charge on any atom is -0.443 e. The van der Waals surface area contributed by atoms with Gasteiger partial charge in [-0.15, -0.1) is 0 Å². The summed E-state index contributed by atoms with van der Waals surface area (Å²) in [6, 6.07) is 5.79. The summed E-state index contributed by atoms with van der Waals surface area (Å²) >= 11 is 3.39. The highest BCUT2D eigenvalue weighted by Crippen LogP contribution is 2.18. The van der Waals surface area contributed by atoms with E-state index in [0.29, 0.717) is 0 Å². The second-order valence-corrected chi connectivity index (χ2v) is 5.61. The molecule has 4 nitrogen and oxygen atoms in total. The number of rotatable bonds is 1. The summed E-state index contributed by atoms with van der Waals surface area (Å²) in [5.41, 5.74) is 2.16. The third kappa shape index (κ3) is 2.72. The molecule has 0 fully saturated rings. The molecule has 1 heterocycles. The van der Waals surface area contributed by atoms with Crippen LogP contribution in [0.25, 0.3) is 11.0 Å². The third-order valence-electron chi connectivity index (χ3n) is 2.36. The lowest BCUT2D eigenvalue weighted by atomic mass is 10.2. The van der Waals surface area contributed by atoms with Crippen molar-refractivity contribution in [3.05, 3.63) is 30.1 Å². The van der Waals surface area contributed by atoms with Crippen molar-refractivity contribution < 1.29 is 9.53 Å². The molecule has 0 amide bonds. The van der Waals surface area contributed by atoms with E-state index in [4.69, 9.17) is 4.74 Å². The van der Waals surface area contributed by atoms with Crippen LogP contribution >= 0.6 is 15.9 Å². The quantitative estimate of drug-likeness (QED) is 0.754. The van der Waals surface area contributed by atoms with Gasteiger partial charge in [0.15, 0.2) is 0 Å². The number of benzene rings is 1. The van der Waals surface area contributed by atoms with Gasteiger partial charge in [-0.2, -0.15) is 0 Å². The zero-order valence-corrected chi connectivity index (χ0v) is 12.2. The van der Waals surface area contributed by atoms with Gasteiger partial charge in [-0.1, -0.05) is 22.0 Å². The average Bonchev–Trinajstić information content (AvgIpc) is 2.69. The lowest BCUT2D eigenvalue weighted by Gasteiger charge is -2.19. The number of hydrogen-bond donors (Lipinski definition) is 0. The van der Waals surface area contributed by atoms with Gasteiger partial charge in [0.25, 0.3) is 0 Å². The molecule has 2 rings (SSSR count). The molecular formula is C13H15BrN2O2. The molecule has 0 saturated carbocycles. The number of alkyl halides is 1. The summed E-state index contributed by atoms with van der Waals surface area (Å²) in [5, 5.41) is 0.766. The third-order valence-corrected chi connectivity index (χ3v) is 3.00. The smallest absolute Gasteiger partial charge is 0.420 e. The Hall–Kier alpha value is -1.36. The Bertz CT molecular complexity index is 584. The van der Waals surface area contributed by atoms with E-state index >= 15 is 0 Å². The fourth-order valence-corrected chi connectivity index (χ4v) is 1.95. The zero-order chi connectivity index (χ0) is 13.3. The first-order chi connectivity index (χ1) is 8.40. The van der Waals surface area contributed by atoms with Crippen LogP contribution in [0.4, 0.5) is 4.79 Å². The standard InChI is InChI=1S/C13H15BrN2O2/c1-13(2,3)18-12(17)16-8-15-10-6-9(7-14)4-5-11(10)16/h4-6,8H,7H2,1-3H3. The summed E-state index contributed by atoms with van der Waals surface area (Å²) in [7, 11) is 0. The number of halogens is 1. The number of ether oxygens (including phenoxy) is 1. The van der Waals surface area contributed by atoms with Crippen molar-refractivity contribution in [3.63, 3.8) is 0 Å². The van der Waals surface area contributed by atoms with Gasteiger partial charge in [0.2, 0.25) is 0 Å². The maximum Gasteiger partial charge on any atom is 0.420 e. The maximum atomic E-state index is 12.0. The van der Waals surface area contributed by atoms with Crippen LogP contribution in [-0.4, -0.2) is 21.2 Å². The topological polar surface area (TPSA) is 44.1 Å². The first-order valence-electron chi connectivity index (χ1n) is 5.66. The van der Waals surface area contributed by atoms with Crippen LogP contribution in [0.1, 0.15) is 26.3 Å². The molecule has 0 atom stereocenters. The van der Waals surface area contributed by atoms with Crippen LogP contribution in [0, 0.1) is 0 Å². The summed E-state index contributed by atoms with van der Waals surface area (Å²) < 4.78 is 6.75. The van der Waals surface area contributed by atoms with Gasteiger partial charge in [0.1, 0.15) is 11.9 Å². The lowest BCUT2D eigenvalue weighted by molar-refractivity contribution is 0.0543. The molecule has 0 aliphatic carbocycles. The van der Waals surface area contributed by atoms with Crippen LogP contribution in [0.2, 0.25) is 0 Å².